The molecule has 0 atom stereocenters. The molecule has 1 aromatic heterocycles. The van der Waals surface area contributed by atoms with Gasteiger partial charge in [-0.25, -0.2) is 9.78 Å². The first-order valence-electron chi connectivity index (χ1n) is 8.45. The summed E-state index contributed by atoms with van der Waals surface area (Å²) in [6, 6.07) is 9.60. The molecule has 25 heavy (non-hydrogen) atoms. The van der Waals surface area contributed by atoms with Crippen molar-refractivity contribution >= 4 is 29.1 Å². The number of carbonyl (C=O) groups excluding carboxylic acids is 2. The number of nitrogens with zero attached hydrogens (tertiary/aromatic N) is 3. The van der Waals surface area contributed by atoms with Crippen LogP contribution in [0, 0.1) is 0 Å². The lowest BCUT2D eigenvalue weighted by atomic mass is 10.1. The first kappa shape index (κ1) is 17.2. The summed E-state index contributed by atoms with van der Waals surface area (Å²) in [5.41, 5.74) is 0.931. The van der Waals surface area contributed by atoms with Crippen molar-refractivity contribution in [2.75, 3.05) is 31.1 Å². The van der Waals surface area contributed by atoms with Gasteiger partial charge in [0.05, 0.1) is 11.1 Å². The van der Waals surface area contributed by atoms with Gasteiger partial charge in [-0.3, -0.25) is 4.79 Å². The number of hydrogen-bond donors (Lipinski definition) is 0. The fraction of sp³-hybridized carbons (Fsp3) is 0.421. The lowest BCUT2D eigenvalue weighted by Gasteiger charge is -2.36. The Bertz CT molecular complexity index is 790. The van der Waals surface area contributed by atoms with Gasteiger partial charge in [0.15, 0.2) is 6.29 Å². The molecular weight excluding hydrogens is 318 g/mol. The third kappa shape index (κ3) is 3.90. The lowest BCUT2D eigenvalue weighted by molar-refractivity contribution is 0.0240. The van der Waals surface area contributed by atoms with Crippen LogP contribution >= 0.6 is 0 Å². The van der Waals surface area contributed by atoms with E-state index in [1.807, 2.05) is 51.1 Å². The van der Waals surface area contributed by atoms with Crippen LogP contribution in [0.25, 0.3) is 10.9 Å². The average molecular weight is 341 g/mol. The molecule has 1 saturated heterocycles. The van der Waals surface area contributed by atoms with Crippen molar-refractivity contribution in [1.29, 1.82) is 0 Å². The number of aromatic nitrogens is 1. The van der Waals surface area contributed by atoms with Crippen molar-refractivity contribution in [1.82, 2.24) is 9.88 Å². The van der Waals surface area contributed by atoms with E-state index in [9.17, 15) is 9.59 Å². The molecule has 1 aliphatic heterocycles. The summed E-state index contributed by atoms with van der Waals surface area (Å²) in [4.78, 5) is 32.1. The van der Waals surface area contributed by atoms with Crippen molar-refractivity contribution in [2.45, 2.75) is 26.4 Å². The van der Waals surface area contributed by atoms with Crippen LogP contribution < -0.4 is 4.90 Å². The molecule has 0 aliphatic carbocycles. The highest BCUT2D eigenvalue weighted by molar-refractivity contribution is 5.91. The molecule has 0 bridgehead atoms. The second-order valence-electron chi connectivity index (χ2n) is 7.17. The third-order valence-electron chi connectivity index (χ3n) is 4.09. The van der Waals surface area contributed by atoms with Crippen molar-refractivity contribution in [3.63, 3.8) is 0 Å². The molecule has 0 spiro atoms. The zero-order valence-electron chi connectivity index (χ0n) is 14.9. The third-order valence-corrected chi connectivity index (χ3v) is 4.09. The van der Waals surface area contributed by atoms with Gasteiger partial charge in [0.25, 0.3) is 0 Å². The molecule has 0 radical (unpaired) electrons. The molecule has 0 N–H and O–H groups in total. The van der Waals surface area contributed by atoms with E-state index in [2.05, 4.69) is 9.88 Å². The Labute approximate surface area is 147 Å². The summed E-state index contributed by atoms with van der Waals surface area (Å²) in [5.74, 6) is 0.678. The van der Waals surface area contributed by atoms with E-state index >= 15 is 0 Å². The van der Waals surface area contributed by atoms with E-state index in [-0.39, 0.29) is 6.09 Å². The van der Waals surface area contributed by atoms with Gasteiger partial charge in [0, 0.05) is 31.6 Å². The van der Waals surface area contributed by atoms with Crippen LogP contribution in [0.1, 0.15) is 31.1 Å². The highest BCUT2D eigenvalue weighted by atomic mass is 16.6. The van der Waals surface area contributed by atoms with Gasteiger partial charge >= 0.3 is 6.09 Å². The number of carbonyl (C=O) groups is 2. The molecule has 6 heteroatoms. The number of fused-ring (bicyclic) bond motifs is 1. The van der Waals surface area contributed by atoms with Crippen molar-refractivity contribution in [2.24, 2.45) is 0 Å². The van der Waals surface area contributed by atoms with Crippen molar-refractivity contribution in [3.8, 4) is 0 Å². The van der Waals surface area contributed by atoms with Gasteiger partial charge in [-0.05, 0) is 32.9 Å². The van der Waals surface area contributed by atoms with E-state index in [1.54, 1.807) is 4.90 Å². The van der Waals surface area contributed by atoms with E-state index in [4.69, 9.17) is 4.74 Å². The molecule has 2 aromatic rings. The Balaban J connectivity index is 1.75. The number of ether oxygens (including phenoxy) is 1. The average Bonchev–Trinajstić information content (AvgIpc) is 2.59. The number of amides is 1. The molecule has 3 rings (SSSR count). The summed E-state index contributed by atoms with van der Waals surface area (Å²) in [6.45, 7) is 7.89. The minimum Gasteiger partial charge on any atom is -0.444 e. The SMILES string of the molecule is CC(C)(C)OC(=O)N1CCN(c2nc3ccccc3cc2C=O)CC1. The second-order valence-corrected chi connectivity index (χ2v) is 7.17. The van der Waals surface area contributed by atoms with Crippen LogP contribution in [0.2, 0.25) is 0 Å². The summed E-state index contributed by atoms with van der Waals surface area (Å²) < 4.78 is 5.42. The molecule has 1 aliphatic rings. The number of aldehydes is 1. The zero-order chi connectivity index (χ0) is 18.0. The maximum Gasteiger partial charge on any atom is 0.410 e. The van der Waals surface area contributed by atoms with Crippen LogP contribution in [0.3, 0.4) is 0 Å². The van der Waals surface area contributed by atoms with Crippen LogP contribution in [-0.2, 0) is 4.74 Å². The van der Waals surface area contributed by atoms with E-state index in [1.165, 1.54) is 0 Å². The van der Waals surface area contributed by atoms with Gasteiger partial charge in [-0.2, -0.15) is 0 Å². The maximum atomic E-state index is 12.2. The molecule has 1 amide bonds. The maximum absolute atomic E-state index is 12.2. The normalized spacial score (nSPS) is 15.3. The van der Waals surface area contributed by atoms with Crippen LogP contribution in [0.5, 0.6) is 0 Å². The largest absolute Gasteiger partial charge is 0.444 e. The summed E-state index contributed by atoms with van der Waals surface area (Å²) in [6.07, 6.45) is 0.545. The van der Waals surface area contributed by atoms with Gasteiger partial charge in [-0.15, -0.1) is 0 Å². The standard InChI is InChI=1S/C19H23N3O3/c1-19(2,3)25-18(24)22-10-8-21(9-11-22)17-15(13-23)12-14-6-4-5-7-16(14)20-17/h4-7,12-13H,8-11H2,1-3H3. The van der Waals surface area contributed by atoms with Gasteiger partial charge in [-0.1, -0.05) is 18.2 Å². The number of benzene rings is 1. The van der Waals surface area contributed by atoms with E-state index in [0.717, 1.165) is 17.2 Å². The van der Waals surface area contributed by atoms with Gasteiger partial charge in [0.2, 0.25) is 0 Å². The Morgan fingerprint density at radius 3 is 2.48 bits per heavy atom. The highest BCUT2D eigenvalue weighted by Crippen LogP contribution is 2.24. The van der Waals surface area contributed by atoms with E-state index < -0.39 is 5.60 Å². The molecule has 1 fully saturated rings. The van der Waals surface area contributed by atoms with E-state index in [0.29, 0.717) is 37.6 Å². The number of rotatable bonds is 2. The van der Waals surface area contributed by atoms with Crippen molar-refractivity contribution < 1.29 is 14.3 Å². The number of para-hydroxylation sites is 1. The zero-order valence-corrected chi connectivity index (χ0v) is 14.9. The molecule has 0 saturated carbocycles. The molecule has 1 aromatic carbocycles. The molecule has 0 unspecified atom stereocenters. The monoisotopic (exact) mass is 341 g/mol. The summed E-state index contributed by atoms with van der Waals surface area (Å²) >= 11 is 0. The predicted molar refractivity (Wildman–Crippen MR) is 97.2 cm³/mol. The number of pyridine rings is 1. The second kappa shape index (κ2) is 6.70. The fourth-order valence-corrected chi connectivity index (χ4v) is 2.89. The minimum absolute atomic E-state index is 0.297. The molecule has 132 valence electrons. The topological polar surface area (TPSA) is 62.7 Å². The summed E-state index contributed by atoms with van der Waals surface area (Å²) in [5, 5.41) is 0.945. The first-order chi connectivity index (χ1) is 11.9. The Morgan fingerprint density at radius 2 is 1.84 bits per heavy atom. The predicted octanol–water partition coefficient (Wildman–Crippen LogP) is 3.10. The Morgan fingerprint density at radius 1 is 1.16 bits per heavy atom. The van der Waals surface area contributed by atoms with Gasteiger partial charge in [0.1, 0.15) is 11.4 Å². The Hall–Kier alpha value is -2.63. The highest BCUT2D eigenvalue weighted by Gasteiger charge is 2.27. The van der Waals surface area contributed by atoms with Gasteiger partial charge < -0.3 is 14.5 Å². The van der Waals surface area contributed by atoms with Crippen LogP contribution in [0.15, 0.2) is 30.3 Å². The number of hydrogen-bond acceptors (Lipinski definition) is 5. The first-order valence-corrected chi connectivity index (χ1v) is 8.45. The lowest BCUT2D eigenvalue weighted by Crippen LogP contribution is -2.50. The van der Waals surface area contributed by atoms with Crippen LogP contribution in [-0.4, -0.2) is 54.0 Å². The summed E-state index contributed by atoms with van der Waals surface area (Å²) in [7, 11) is 0. The smallest absolute Gasteiger partial charge is 0.410 e. The quantitative estimate of drug-likeness (QED) is 0.786. The molecule has 2 heterocycles. The molecule has 6 nitrogen and oxygen atoms in total. The number of anilines is 1. The molecular formula is C19H23N3O3. The van der Waals surface area contributed by atoms with Crippen LogP contribution in [0.4, 0.5) is 10.6 Å². The van der Waals surface area contributed by atoms with Crippen molar-refractivity contribution in [3.05, 3.63) is 35.9 Å². The fourth-order valence-electron chi connectivity index (χ4n) is 2.89. The number of piperazine rings is 1. The Kier molecular flexibility index (Phi) is 4.61. The minimum atomic E-state index is -0.501.